The van der Waals surface area contributed by atoms with E-state index in [0.29, 0.717) is 13.0 Å². The fourth-order valence-corrected chi connectivity index (χ4v) is 3.89. The Balaban J connectivity index is 2.23. The van der Waals surface area contributed by atoms with Crippen LogP contribution < -0.4 is 9.62 Å². The van der Waals surface area contributed by atoms with Crippen LogP contribution in [0.4, 0.5) is 14.5 Å². The number of amides is 1. The quantitative estimate of drug-likeness (QED) is 0.643. The molecule has 0 aliphatic heterocycles. The highest BCUT2D eigenvalue weighted by molar-refractivity contribution is 7.92. The Kier molecular flexibility index (Phi) is 7.47. The highest BCUT2D eigenvalue weighted by Gasteiger charge is 2.27. The topological polar surface area (TPSA) is 69.7 Å². The number of nitrogens with zero attached hydrogens (tertiary/aromatic N) is 2. The van der Waals surface area contributed by atoms with E-state index in [2.05, 4.69) is 5.32 Å². The Labute approximate surface area is 163 Å². The highest BCUT2D eigenvalue weighted by atomic mass is 32.2. The van der Waals surface area contributed by atoms with E-state index < -0.39 is 34.1 Å². The molecule has 0 saturated heterocycles. The molecule has 2 rings (SSSR count). The van der Waals surface area contributed by atoms with Crippen molar-refractivity contribution in [3.05, 3.63) is 60.2 Å². The molecule has 0 aliphatic carbocycles. The molecular weight excluding hydrogens is 388 g/mol. The van der Waals surface area contributed by atoms with Crippen LogP contribution in [0.2, 0.25) is 0 Å². The summed E-state index contributed by atoms with van der Waals surface area (Å²) in [7, 11) is -0.328. The first-order chi connectivity index (χ1) is 13.2. The fourth-order valence-electron chi connectivity index (χ4n) is 2.47. The van der Waals surface area contributed by atoms with Gasteiger partial charge < -0.3 is 10.2 Å². The van der Waals surface area contributed by atoms with Crippen LogP contribution >= 0.6 is 0 Å². The molecule has 6 nitrogen and oxygen atoms in total. The van der Waals surface area contributed by atoms with E-state index in [1.807, 2.05) is 19.0 Å². The van der Waals surface area contributed by atoms with Gasteiger partial charge in [-0.05, 0) is 75.6 Å². The minimum absolute atomic E-state index is 0.133. The Bertz CT molecular complexity index is 886. The second-order valence-corrected chi connectivity index (χ2v) is 8.31. The molecule has 0 saturated carbocycles. The van der Waals surface area contributed by atoms with Crippen LogP contribution in [0.25, 0.3) is 0 Å². The van der Waals surface area contributed by atoms with E-state index in [-0.39, 0.29) is 10.6 Å². The van der Waals surface area contributed by atoms with E-state index in [9.17, 15) is 22.0 Å². The minimum Gasteiger partial charge on any atom is -0.354 e. The monoisotopic (exact) mass is 411 g/mol. The number of anilines is 1. The number of nitrogens with one attached hydrogen (secondary N) is 1. The van der Waals surface area contributed by atoms with Gasteiger partial charge in [0.25, 0.3) is 10.0 Å². The maximum Gasteiger partial charge on any atom is 0.264 e. The third kappa shape index (κ3) is 6.00. The first-order valence-corrected chi connectivity index (χ1v) is 10.1. The van der Waals surface area contributed by atoms with Crippen LogP contribution in [0.3, 0.4) is 0 Å². The van der Waals surface area contributed by atoms with Crippen LogP contribution in [0.15, 0.2) is 53.4 Å². The number of benzene rings is 2. The van der Waals surface area contributed by atoms with E-state index >= 15 is 0 Å². The largest absolute Gasteiger partial charge is 0.354 e. The van der Waals surface area contributed by atoms with Crippen LogP contribution in [-0.2, 0) is 14.8 Å². The van der Waals surface area contributed by atoms with Gasteiger partial charge in [-0.2, -0.15) is 0 Å². The molecule has 1 N–H and O–H groups in total. The van der Waals surface area contributed by atoms with Gasteiger partial charge in [-0.3, -0.25) is 9.10 Å². The lowest BCUT2D eigenvalue weighted by atomic mass is 10.3. The molecular formula is C19H23F2N3O3S. The lowest BCUT2D eigenvalue weighted by Crippen LogP contribution is -2.41. The smallest absolute Gasteiger partial charge is 0.264 e. The van der Waals surface area contributed by atoms with Crippen molar-refractivity contribution in [1.29, 1.82) is 0 Å². The second kappa shape index (κ2) is 9.61. The van der Waals surface area contributed by atoms with Gasteiger partial charge in [-0.25, -0.2) is 17.2 Å². The van der Waals surface area contributed by atoms with Crippen molar-refractivity contribution in [2.75, 3.05) is 38.0 Å². The lowest BCUT2D eigenvalue weighted by Gasteiger charge is -2.24. The predicted octanol–water partition coefficient (Wildman–Crippen LogP) is 2.23. The van der Waals surface area contributed by atoms with E-state index in [4.69, 9.17) is 0 Å². The van der Waals surface area contributed by atoms with Crippen LogP contribution in [-0.4, -0.2) is 53.0 Å². The Morgan fingerprint density at radius 2 is 1.50 bits per heavy atom. The van der Waals surface area contributed by atoms with Crippen LogP contribution in [0.5, 0.6) is 0 Å². The molecule has 0 aliphatic rings. The molecule has 0 unspecified atom stereocenters. The Morgan fingerprint density at radius 3 is 2.04 bits per heavy atom. The molecule has 2 aromatic rings. The summed E-state index contributed by atoms with van der Waals surface area (Å²) >= 11 is 0. The van der Waals surface area contributed by atoms with Crippen molar-refractivity contribution >= 4 is 21.6 Å². The van der Waals surface area contributed by atoms with Gasteiger partial charge in [0, 0.05) is 6.54 Å². The maximum absolute atomic E-state index is 13.3. The Hall–Kier alpha value is -2.52. The number of carbonyl (C=O) groups is 1. The first kappa shape index (κ1) is 21.8. The third-order valence-corrected chi connectivity index (χ3v) is 5.70. The summed E-state index contributed by atoms with van der Waals surface area (Å²) in [5.74, 6) is -1.60. The third-order valence-electron chi connectivity index (χ3n) is 3.91. The zero-order valence-electron chi connectivity index (χ0n) is 15.7. The number of hydrogen-bond acceptors (Lipinski definition) is 4. The number of halogens is 2. The van der Waals surface area contributed by atoms with E-state index in [1.165, 1.54) is 12.1 Å². The van der Waals surface area contributed by atoms with Crippen molar-refractivity contribution in [2.24, 2.45) is 0 Å². The maximum atomic E-state index is 13.3. The molecule has 152 valence electrons. The molecule has 0 spiro atoms. The summed E-state index contributed by atoms with van der Waals surface area (Å²) < 4.78 is 53.3. The van der Waals surface area contributed by atoms with Gasteiger partial charge in [0.05, 0.1) is 10.6 Å². The number of carbonyl (C=O) groups excluding carboxylic acids is 1. The van der Waals surface area contributed by atoms with Crippen molar-refractivity contribution in [1.82, 2.24) is 10.2 Å². The summed E-state index contributed by atoms with van der Waals surface area (Å²) in [6.45, 7) is 0.688. The molecule has 9 heteroatoms. The molecule has 2 aromatic carbocycles. The molecule has 0 aromatic heterocycles. The molecule has 0 heterocycles. The molecule has 1 amide bonds. The highest BCUT2D eigenvalue weighted by Crippen LogP contribution is 2.24. The van der Waals surface area contributed by atoms with Gasteiger partial charge in [-0.15, -0.1) is 0 Å². The first-order valence-electron chi connectivity index (χ1n) is 8.65. The zero-order chi connectivity index (χ0) is 20.7. The van der Waals surface area contributed by atoms with Gasteiger partial charge in [0.2, 0.25) is 5.91 Å². The van der Waals surface area contributed by atoms with E-state index in [1.54, 1.807) is 0 Å². The van der Waals surface area contributed by atoms with Gasteiger partial charge in [0.15, 0.2) is 0 Å². The second-order valence-electron chi connectivity index (χ2n) is 6.45. The molecule has 0 atom stereocenters. The number of rotatable bonds is 9. The minimum atomic E-state index is -4.15. The molecule has 28 heavy (non-hydrogen) atoms. The average molecular weight is 411 g/mol. The number of sulfonamides is 1. The molecule has 0 bridgehead atoms. The fraction of sp³-hybridized carbons (Fsp3) is 0.316. The summed E-state index contributed by atoms with van der Waals surface area (Å²) in [5.41, 5.74) is 0.133. The van der Waals surface area contributed by atoms with Crippen molar-refractivity contribution in [2.45, 2.75) is 11.3 Å². The SMILES string of the molecule is CN(C)CCCNC(=O)CN(c1ccc(F)cc1)S(=O)(=O)c1ccc(F)cc1. The van der Waals surface area contributed by atoms with Gasteiger partial charge in [-0.1, -0.05) is 0 Å². The van der Waals surface area contributed by atoms with Gasteiger partial charge in [0.1, 0.15) is 18.2 Å². The lowest BCUT2D eigenvalue weighted by molar-refractivity contribution is -0.119. The molecule has 0 radical (unpaired) electrons. The predicted molar refractivity (Wildman–Crippen MR) is 104 cm³/mol. The normalized spacial score (nSPS) is 11.5. The number of hydrogen-bond donors (Lipinski definition) is 1. The standard InChI is InChI=1S/C19H23F2N3O3S/c1-23(2)13-3-12-22-19(25)14-24(17-8-4-15(20)5-9-17)28(26,27)18-10-6-16(21)7-11-18/h4-11H,3,12-14H2,1-2H3,(H,22,25). The van der Waals surface area contributed by atoms with Crippen molar-refractivity contribution < 1.29 is 22.0 Å². The van der Waals surface area contributed by atoms with Crippen LogP contribution in [0.1, 0.15) is 6.42 Å². The summed E-state index contributed by atoms with van der Waals surface area (Å²) in [4.78, 5) is 14.1. The van der Waals surface area contributed by atoms with E-state index in [0.717, 1.165) is 47.2 Å². The molecule has 0 fully saturated rings. The van der Waals surface area contributed by atoms with Crippen LogP contribution in [0, 0.1) is 11.6 Å². The van der Waals surface area contributed by atoms with Gasteiger partial charge >= 0.3 is 0 Å². The summed E-state index contributed by atoms with van der Waals surface area (Å²) in [6, 6.07) is 9.06. The van der Waals surface area contributed by atoms with Crippen molar-refractivity contribution in [3.63, 3.8) is 0 Å². The zero-order valence-corrected chi connectivity index (χ0v) is 16.5. The summed E-state index contributed by atoms with van der Waals surface area (Å²) in [6.07, 6.45) is 0.708. The summed E-state index contributed by atoms with van der Waals surface area (Å²) in [5, 5.41) is 2.68. The Morgan fingerprint density at radius 1 is 0.964 bits per heavy atom. The average Bonchev–Trinajstić information content (AvgIpc) is 2.64. The van der Waals surface area contributed by atoms with Crippen molar-refractivity contribution in [3.8, 4) is 0 Å².